The van der Waals surface area contributed by atoms with Gasteiger partial charge in [-0.05, 0) is 18.6 Å². The maximum absolute atomic E-state index is 13.0. The summed E-state index contributed by atoms with van der Waals surface area (Å²) in [5.41, 5.74) is 0.438. The van der Waals surface area contributed by atoms with Crippen molar-refractivity contribution in [1.82, 2.24) is 10.2 Å². The van der Waals surface area contributed by atoms with Gasteiger partial charge in [-0.15, -0.1) is 0 Å². The van der Waals surface area contributed by atoms with Crippen LogP contribution in [0.2, 0.25) is 0 Å². The number of amides is 3. The van der Waals surface area contributed by atoms with Gasteiger partial charge in [-0.1, -0.05) is 42.5 Å². The van der Waals surface area contributed by atoms with Gasteiger partial charge in [0.05, 0.1) is 6.54 Å². The highest BCUT2D eigenvalue weighted by Crippen LogP contribution is 2.36. The van der Waals surface area contributed by atoms with Gasteiger partial charge >= 0.3 is 6.03 Å². The number of benzene rings is 2. The van der Waals surface area contributed by atoms with Crippen LogP contribution in [0.3, 0.4) is 0 Å². The molecule has 4 rings (SSSR count). The smallest absolute Gasteiger partial charge is 0.325 e. The lowest BCUT2D eigenvalue weighted by Crippen LogP contribution is -2.40. The number of nitrogens with one attached hydrogen (secondary N) is 1. The molecule has 0 radical (unpaired) electrons. The molecular weight excluding hydrogens is 320 g/mol. The molecule has 1 saturated heterocycles. The highest BCUT2D eigenvalue weighted by atomic mass is 16.6. The molecule has 2 heterocycles. The summed E-state index contributed by atoms with van der Waals surface area (Å²) in [5.74, 6) is 0.960. The third-order valence-electron chi connectivity index (χ3n) is 4.60. The van der Waals surface area contributed by atoms with Crippen molar-refractivity contribution in [3.63, 3.8) is 0 Å². The molecule has 6 nitrogen and oxygen atoms in total. The van der Waals surface area contributed by atoms with Gasteiger partial charge in [0.2, 0.25) is 0 Å². The Hall–Kier alpha value is -3.02. The quantitative estimate of drug-likeness (QED) is 0.873. The van der Waals surface area contributed by atoms with Crippen LogP contribution in [-0.2, 0) is 16.9 Å². The van der Waals surface area contributed by atoms with Gasteiger partial charge in [0.25, 0.3) is 5.91 Å². The van der Waals surface area contributed by atoms with Crippen LogP contribution < -0.4 is 14.8 Å². The molecule has 0 aliphatic carbocycles. The first-order valence-electron chi connectivity index (χ1n) is 8.17. The van der Waals surface area contributed by atoms with Crippen molar-refractivity contribution in [2.24, 2.45) is 0 Å². The minimum atomic E-state index is -1.06. The van der Waals surface area contributed by atoms with Crippen molar-refractivity contribution in [2.75, 3.05) is 13.2 Å². The number of imide groups is 1. The molecule has 6 heteroatoms. The van der Waals surface area contributed by atoms with E-state index in [-0.39, 0.29) is 12.5 Å². The first-order chi connectivity index (χ1) is 12.1. The summed E-state index contributed by atoms with van der Waals surface area (Å²) in [6.07, 6.45) is 0. The van der Waals surface area contributed by atoms with Crippen LogP contribution in [0.25, 0.3) is 0 Å². The summed E-state index contributed by atoms with van der Waals surface area (Å²) >= 11 is 0. The Morgan fingerprint density at radius 1 is 1.04 bits per heavy atom. The molecule has 2 aromatic carbocycles. The average Bonchev–Trinajstić information content (AvgIpc) is 2.87. The molecule has 1 fully saturated rings. The fourth-order valence-electron chi connectivity index (χ4n) is 3.24. The molecular formula is C19H18N2O4. The van der Waals surface area contributed by atoms with E-state index in [0.29, 0.717) is 24.7 Å². The monoisotopic (exact) mass is 338 g/mol. The van der Waals surface area contributed by atoms with Gasteiger partial charge in [0.15, 0.2) is 11.5 Å². The summed E-state index contributed by atoms with van der Waals surface area (Å²) in [7, 11) is 0. The van der Waals surface area contributed by atoms with Crippen LogP contribution in [0.5, 0.6) is 11.5 Å². The standard InChI is InChI=1S/C19H18N2O4/c1-19(14-7-3-2-4-8-14)17(22)21(18(23)20-19)12-13-6-5-9-15-16(13)25-11-10-24-15/h2-9H,10-12H2,1H3,(H,20,23)/t19-/m1/s1. The van der Waals surface area contributed by atoms with Crippen LogP contribution in [0.1, 0.15) is 18.1 Å². The van der Waals surface area contributed by atoms with E-state index in [0.717, 1.165) is 11.1 Å². The van der Waals surface area contributed by atoms with Gasteiger partial charge < -0.3 is 14.8 Å². The third kappa shape index (κ3) is 2.50. The second-order valence-electron chi connectivity index (χ2n) is 6.25. The van der Waals surface area contributed by atoms with Crippen LogP contribution >= 0.6 is 0 Å². The second kappa shape index (κ2) is 5.81. The van der Waals surface area contributed by atoms with Gasteiger partial charge in [-0.3, -0.25) is 9.69 Å². The zero-order chi connectivity index (χ0) is 17.4. The number of urea groups is 1. The topological polar surface area (TPSA) is 67.9 Å². The van der Waals surface area contributed by atoms with Gasteiger partial charge in [-0.25, -0.2) is 4.79 Å². The maximum Gasteiger partial charge on any atom is 0.325 e. The van der Waals surface area contributed by atoms with Gasteiger partial charge in [0.1, 0.15) is 18.8 Å². The predicted octanol–water partition coefficient (Wildman–Crippen LogP) is 2.43. The van der Waals surface area contributed by atoms with E-state index in [1.165, 1.54) is 4.90 Å². The van der Waals surface area contributed by atoms with Crippen LogP contribution in [-0.4, -0.2) is 30.1 Å². The second-order valence-corrected chi connectivity index (χ2v) is 6.25. The first kappa shape index (κ1) is 15.5. The molecule has 0 unspecified atom stereocenters. The fraction of sp³-hybridized carbons (Fsp3) is 0.263. The number of para-hydroxylation sites is 1. The van der Waals surface area contributed by atoms with Crippen LogP contribution in [0, 0.1) is 0 Å². The van der Waals surface area contributed by atoms with Gasteiger partial charge in [-0.2, -0.15) is 0 Å². The Balaban J connectivity index is 1.64. The molecule has 1 atom stereocenters. The summed E-state index contributed by atoms with van der Waals surface area (Å²) in [5, 5.41) is 2.81. The lowest BCUT2D eigenvalue weighted by molar-refractivity contribution is -0.131. The summed E-state index contributed by atoms with van der Waals surface area (Å²) in [6, 6.07) is 14.3. The van der Waals surface area contributed by atoms with E-state index in [2.05, 4.69) is 5.32 Å². The van der Waals surface area contributed by atoms with E-state index in [9.17, 15) is 9.59 Å². The fourth-order valence-corrected chi connectivity index (χ4v) is 3.24. The molecule has 0 spiro atoms. The number of nitrogens with zero attached hydrogens (tertiary/aromatic N) is 1. The minimum Gasteiger partial charge on any atom is -0.486 e. The largest absolute Gasteiger partial charge is 0.486 e. The lowest BCUT2D eigenvalue weighted by Gasteiger charge is -2.24. The minimum absolute atomic E-state index is 0.139. The number of carbonyl (C=O) groups is 2. The first-order valence-corrected chi connectivity index (χ1v) is 8.17. The molecule has 0 saturated carbocycles. The van der Waals surface area contributed by atoms with E-state index in [1.54, 1.807) is 6.92 Å². The molecule has 2 aromatic rings. The summed E-state index contributed by atoms with van der Waals surface area (Å²) in [6.45, 7) is 2.81. The predicted molar refractivity (Wildman–Crippen MR) is 90.3 cm³/mol. The molecule has 0 bridgehead atoms. The number of hydrogen-bond acceptors (Lipinski definition) is 4. The summed E-state index contributed by atoms with van der Waals surface area (Å²) in [4.78, 5) is 26.7. The normalized spacial score (nSPS) is 22.0. The van der Waals surface area contributed by atoms with Crippen molar-refractivity contribution in [2.45, 2.75) is 19.0 Å². The Morgan fingerprint density at radius 2 is 1.80 bits per heavy atom. The number of hydrogen-bond donors (Lipinski definition) is 1. The van der Waals surface area contributed by atoms with Crippen molar-refractivity contribution < 1.29 is 19.1 Å². The molecule has 0 aromatic heterocycles. The number of rotatable bonds is 3. The Labute approximate surface area is 145 Å². The third-order valence-corrected chi connectivity index (χ3v) is 4.60. The van der Waals surface area contributed by atoms with E-state index in [1.807, 2.05) is 48.5 Å². The van der Waals surface area contributed by atoms with Crippen LogP contribution in [0.4, 0.5) is 4.79 Å². The van der Waals surface area contributed by atoms with E-state index < -0.39 is 11.6 Å². The zero-order valence-corrected chi connectivity index (χ0v) is 13.8. The number of carbonyl (C=O) groups excluding carboxylic acids is 2. The van der Waals surface area contributed by atoms with Crippen molar-refractivity contribution in [3.8, 4) is 11.5 Å². The molecule has 2 aliphatic rings. The molecule has 25 heavy (non-hydrogen) atoms. The average molecular weight is 338 g/mol. The highest BCUT2D eigenvalue weighted by molar-refractivity contribution is 6.07. The Bertz CT molecular complexity index is 837. The molecule has 2 aliphatic heterocycles. The summed E-state index contributed by atoms with van der Waals surface area (Å²) < 4.78 is 11.2. The van der Waals surface area contributed by atoms with Crippen LogP contribution in [0.15, 0.2) is 48.5 Å². The van der Waals surface area contributed by atoms with Gasteiger partial charge in [0, 0.05) is 5.56 Å². The van der Waals surface area contributed by atoms with E-state index in [4.69, 9.17) is 9.47 Å². The van der Waals surface area contributed by atoms with E-state index >= 15 is 0 Å². The van der Waals surface area contributed by atoms with Crippen molar-refractivity contribution in [1.29, 1.82) is 0 Å². The zero-order valence-electron chi connectivity index (χ0n) is 13.8. The van der Waals surface area contributed by atoms with Crippen molar-refractivity contribution >= 4 is 11.9 Å². The number of ether oxygens (including phenoxy) is 2. The number of fused-ring (bicyclic) bond motifs is 1. The maximum atomic E-state index is 13.0. The highest BCUT2D eigenvalue weighted by Gasteiger charge is 2.49. The Kier molecular flexibility index (Phi) is 3.60. The van der Waals surface area contributed by atoms with Crippen molar-refractivity contribution in [3.05, 3.63) is 59.7 Å². The molecule has 1 N–H and O–H groups in total. The lowest BCUT2D eigenvalue weighted by atomic mass is 9.92. The SMILES string of the molecule is C[C@]1(c2ccccc2)NC(=O)N(Cc2cccc3c2OCCO3)C1=O. The Morgan fingerprint density at radius 3 is 2.60 bits per heavy atom. The molecule has 128 valence electrons. The molecule has 3 amide bonds.